The van der Waals surface area contributed by atoms with Crippen molar-refractivity contribution < 1.29 is 19.1 Å². The molecule has 1 saturated heterocycles. The van der Waals surface area contributed by atoms with E-state index in [1.165, 1.54) is 0 Å². The van der Waals surface area contributed by atoms with Crippen LogP contribution in [0.4, 0.5) is 0 Å². The SMILES string of the molecule is CCCCOc1ccc(CNC(=O)C2CCCN2C(=O)c2ccc(Br)cc2)cc1OC. The predicted molar refractivity (Wildman–Crippen MR) is 123 cm³/mol. The van der Waals surface area contributed by atoms with Crippen LogP contribution < -0.4 is 14.8 Å². The van der Waals surface area contributed by atoms with Crippen LogP contribution in [0.15, 0.2) is 46.9 Å². The van der Waals surface area contributed by atoms with E-state index in [4.69, 9.17) is 9.47 Å². The molecule has 0 bridgehead atoms. The number of unbranched alkanes of at least 4 members (excludes halogenated alkanes) is 1. The molecule has 31 heavy (non-hydrogen) atoms. The third kappa shape index (κ3) is 6.00. The lowest BCUT2D eigenvalue weighted by Crippen LogP contribution is -2.45. The highest BCUT2D eigenvalue weighted by Crippen LogP contribution is 2.28. The lowest BCUT2D eigenvalue weighted by Gasteiger charge is -2.24. The van der Waals surface area contributed by atoms with Gasteiger partial charge in [0, 0.05) is 23.1 Å². The highest BCUT2D eigenvalue weighted by atomic mass is 79.9. The quantitative estimate of drug-likeness (QED) is 0.525. The molecule has 0 aliphatic carbocycles. The number of rotatable bonds is 9. The van der Waals surface area contributed by atoms with Crippen LogP contribution in [0.25, 0.3) is 0 Å². The molecular weight excluding hydrogens is 460 g/mol. The molecule has 2 amide bonds. The van der Waals surface area contributed by atoms with Crippen molar-refractivity contribution in [1.29, 1.82) is 0 Å². The summed E-state index contributed by atoms with van der Waals surface area (Å²) in [6.07, 6.45) is 3.53. The molecule has 0 aromatic heterocycles. The van der Waals surface area contributed by atoms with Crippen LogP contribution in [0, 0.1) is 0 Å². The Morgan fingerprint density at radius 3 is 2.65 bits per heavy atom. The van der Waals surface area contributed by atoms with Gasteiger partial charge in [-0.3, -0.25) is 9.59 Å². The molecule has 1 aliphatic rings. The zero-order chi connectivity index (χ0) is 22.2. The number of ether oxygens (including phenoxy) is 2. The summed E-state index contributed by atoms with van der Waals surface area (Å²) in [4.78, 5) is 27.4. The first-order valence-corrected chi connectivity index (χ1v) is 11.5. The summed E-state index contributed by atoms with van der Waals surface area (Å²) in [7, 11) is 1.61. The second-order valence-electron chi connectivity index (χ2n) is 7.57. The number of hydrogen-bond acceptors (Lipinski definition) is 4. The Morgan fingerprint density at radius 2 is 1.94 bits per heavy atom. The summed E-state index contributed by atoms with van der Waals surface area (Å²) in [5.41, 5.74) is 1.50. The highest BCUT2D eigenvalue weighted by molar-refractivity contribution is 9.10. The second-order valence-corrected chi connectivity index (χ2v) is 8.48. The minimum absolute atomic E-state index is 0.111. The molecule has 1 atom stereocenters. The molecule has 7 heteroatoms. The minimum Gasteiger partial charge on any atom is -0.493 e. The van der Waals surface area contributed by atoms with Gasteiger partial charge in [0.15, 0.2) is 11.5 Å². The first-order valence-electron chi connectivity index (χ1n) is 10.7. The van der Waals surface area contributed by atoms with Crippen LogP contribution in [-0.4, -0.2) is 43.0 Å². The van der Waals surface area contributed by atoms with E-state index in [-0.39, 0.29) is 11.8 Å². The summed E-state index contributed by atoms with van der Waals surface area (Å²) >= 11 is 3.38. The number of amides is 2. The number of carbonyl (C=O) groups excluding carboxylic acids is 2. The molecule has 1 heterocycles. The molecule has 0 saturated carbocycles. The number of halogens is 1. The maximum absolute atomic E-state index is 12.9. The summed E-state index contributed by atoms with van der Waals surface area (Å²) < 4.78 is 12.1. The monoisotopic (exact) mass is 488 g/mol. The molecule has 2 aromatic rings. The van der Waals surface area contributed by atoms with Crippen LogP contribution in [0.2, 0.25) is 0 Å². The van der Waals surface area contributed by atoms with Gasteiger partial charge in [0.2, 0.25) is 5.91 Å². The summed E-state index contributed by atoms with van der Waals surface area (Å²) in [5, 5.41) is 2.97. The van der Waals surface area contributed by atoms with Gasteiger partial charge in [0.25, 0.3) is 5.91 Å². The number of nitrogens with zero attached hydrogens (tertiary/aromatic N) is 1. The molecule has 3 rings (SSSR count). The topological polar surface area (TPSA) is 67.9 Å². The van der Waals surface area contributed by atoms with Crippen LogP contribution in [-0.2, 0) is 11.3 Å². The van der Waals surface area contributed by atoms with Gasteiger partial charge in [0.05, 0.1) is 13.7 Å². The zero-order valence-corrected chi connectivity index (χ0v) is 19.6. The van der Waals surface area contributed by atoms with E-state index in [0.717, 1.165) is 29.3 Å². The van der Waals surface area contributed by atoms with E-state index < -0.39 is 6.04 Å². The van der Waals surface area contributed by atoms with Crippen LogP contribution >= 0.6 is 15.9 Å². The average Bonchev–Trinajstić information content (AvgIpc) is 3.28. The number of hydrogen-bond donors (Lipinski definition) is 1. The Morgan fingerprint density at radius 1 is 1.16 bits per heavy atom. The van der Waals surface area contributed by atoms with Crippen molar-refractivity contribution in [3.05, 3.63) is 58.1 Å². The number of carbonyl (C=O) groups is 2. The van der Waals surface area contributed by atoms with Crippen molar-refractivity contribution in [1.82, 2.24) is 10.2 Å². The smallest absolute Gasteiger partial charge is 0.254 e. The molecular formula is C24H29BrN2O4. The first-order chi connectivity index (χ1) is 15.0. The van der Waals surface area contributed by atoms with Gasteiger partial charge in [0.1, 0.15) is 6.04 Å². The standard InChI is InChI=1S/C24H29BrN2O4/c1-3-4-14-31-21-12-7-17(15-22(21)30-2)16-26-23(28)20-6-5-13-27(20)24(29)18-8-10-19(25)11-9-18/h7-12,15,20H,3-6,13-14,16H2,1-2H3,(H,26,28). The Labute approximate surface area is 192 Å². The van der Waals surface area contributed by atoms with E-state index in [9.17, 15) is 9.59 Å². The van der Waals surface area contributed by atoms with Gasteiger partial charge >= 0.3 is 0 Å². The van der Waals surface area contributed by atoms with E-state index in [0.29, 0.717) is 43.2 Å². The molecule has 1 aliphatic heterocycles. The molecule has 2 aromatic carbocycles. The Balaban J connectivity index is 1.60. The maximum Gasteiger partial charge on any atom is 0.254 e. The van der Waals surface area contributed by atoms with Crippen molar-refractivity contribution in [2.75, 3.05) is 20.3 Å². The molecule has 0 radical (unpaired) electrons. The molecule has 1 fully saturated rings. The summed E-state index contributed by atoms with van der Waals surface area (Å²) in [6.45, 7) is 3.71. The number of nitrogens with one attached hydrogen (secondary N) is 1. The normalized spacial score (nSPS) is 15.6. The zero-order valence-electron chi connectivity index (χ0n) is 18.0. The van der Waals surface area contributed by atoms with E-state index >= 15 is 0 Å². The van der Waals surface area contributed by atoms with Crippen LogP contribution in [0.5, 0.6) is 11.5 Å². The van der Waals surface area contributed by atoms with Gasteiger partial charge in [-0.25, -0.2) is 0 Å². The largest absolute Gasteiger partial charge is 0.493 e. The van der Waals surface area contributed by atoms with Gasteiger partial charge in [-0.15, -0.1) is 0 Å². The van der Waals surface area contributed by atoms with Gasteiger partial charge in [-0.2, -0.15) is 0 Å². The molecule has 1 N–H and O–H groups in total. The third-order valence-corrected chi connectivity index (χ3v) is 5.89. The predicted octanol–water partition coefficient (Wildman–Crippen LogP) is 4.56. The van der Waals surface area contributed by atoms with Crippen molar-refractivity contribution in [3.63, 3.8) is 0 Å². The summed E-state index contributed by atoms with van der Waals surface area (Å²) in [6, 6.07) is 12.4. The maximum atomic E-state index is 12.9. The number of benzene rings is 2. The van der Waals surface area contributed by atoms with Gasteiger partial charge in [-0.1, -0.05) is 35.3 Å². The molecule has 1 unspecified atom stereocenters. The summed E-state index contributed by atoms with van der Waals surface area (Å²) in [5.74, 6) is 1.11. The fraction of sp³-hybridized carbons (Fsp3) is 0.417. The second kappa shape index (κ2) is 11.2. The highest BCUT2D eigenvalue weighted by Gasteiger charge is 2.34. The van der Waals surface area contributed by atoms with E-state index in [1.807, 2.05) is 30.3 Å². The van der Waals surface area contributed by atoms with Crippen molar-refractivity contribution in [2.24, 2.45) is 0 Å². The third-order valence-electron chi connectivity index (χ3n) is 5.36. The molecule has 6 nitrogen and oxygen atoms in total. The number of methoxy groups -OCH3 is 1. The Hall–Kier alpha value is -2.54. The lowest BCUT2D eigenvalue weighted by atomic mass is 10.1. The number of likely N-dealkylation sites (tertiary alicyclic amines) is 1. The fourth-order valence-corrected chi connectivity index (χ4v) is 3.88. The van der Waals surface area contributed by atoms with E-state index in [2.05, 4.69) is 28.2 Å². The minimum atomic E-state index is -0.449. The van der Waals surface area contributed by atoms with Crippen molar-refractivity contribution in [3.8, 4) is 11.5 Å². The van der Waals surface area contributed by atoms with Crippen LogP contribution in [0.3, 0.4) is 0 Å². The Kier molecular flexibility index (Phi) is 8.35. The average molecular weight is 489 g/mol. The lowest BCUT2D eigenvalue weighted by molar-refractivity contribution is -0.125. The Bertz CT molecular complexity index is 901. The molecule has 0 spiro atoms. The van der Waals surface area contributed by atoms with Crippen LogP contribution in [0.1, 0.15) is 48.5 Å². The van der Waals surface area contributed by atoms with Crippen molar-refractivity contribution >= 4 is 27.7 Å². The fourth-order valence-electron chi connectivity index (χ4n) is 3.62. The van der Waals surface area contributed by atoms with Crippen molar-refractivity contribution in [2.45, 2.75) is 45.2 Å². The van der Waals surface area contributed by atoms with Gasteiger partial charge in [-0.05, 0) is 61.2 Å². The molecule has 166 valence electrons. The first kappa shape index (κ1) is 23.1. The van der Waals surface area contributed by atoms with E-state index in [1.54, 1.807) is 24.1 Å². The van der Waals surface area contributed by atoms with Gasteiger partial charge < -0.3 is 19.7 Å².